The zero-order valence-electron chi connectivity index (χ0n) is 13.9. The second-order valence-corrected chi connectivity index (χ2v) is 6.07. The van der Waals surface area contributed by atoms with Crippen molar-refractivity contribution in [1.29, 1.82) is 0 Å². The van der Waals surface area contributed by atoms with Crippen LogP contribution in [-0.4, -0.2) is 16.5 Å². The van der Waals surface area contributed by atoms with Crippen LogP contribution in [0.1, 0.15) is 82.3 Å². The SMILES string of the molecule is CCCCCCCCCCCCc1ccc(O)c(/C=N\O)c1. The highest BCUT2D eigenvalue weighted by Crippen LogP contribution is 2.18. The summed E-state index contributed by atoms with van der Waals surface area (Å²) in [7, 11) is 0. The molecule has 3 heteroatoms. The Bertz CT molecular complexity index is 429. The Morgan fingerprint density at radius 3 is 2.09 bits per heavy atom. The summed E-state index contributed by atoms with van der Waals surface area (Å²) in [6.07, 6.45) is 15.7. The molecule has 0 saturated carbocycles. The summed E-state index contributed by atoms with van der Waals surface area (Å²) in [5.41, 5.74) is 1.76. The molecule has 1 aromatic carbocycles. The topological polar surface area (TPSA) is 52.8 Å². The van der Waals surface area contributed by atoms with E-state index in [9.17, 15) is 5.11 Å². The van der Waals surface area contributed by atoms with Gasteiger partial charge in [-0.05, 0) is 30.5 Å². The minimum absolute atomic E-state index is 0.157. The first-order chi connectivity index (χ1) is 10.8. The zero-order chi connectivity index (χ0) is 16.0. The van der Waals surface area contributed by atoms with E-state index in [1.54, 1.807) is 6.07 Å². The number of hydrogen-bond acceptors (Lipinski definition) is 3. The predicted octanol–water partition coefficient (Wildman–Crippen LogP) is 5.66. The summed E-state index contributed by atoms with van der Waals surface area (Å²) < 4.78 is 0. The molecule has 0 aliphatic rings. The number of aryl methyl sites for hydroxylation is 1. The predicted molar refractivity (Wildman–Crippen MR) is 93.0 cm³/mol. The molecule has 0 radical (unpaired) electrons. The van der Waals surface area contributed by atoms with Crippen LogP contribution in [0, 0.1) is 0 Å². The second-order valence-electron chi connectivity index (χ2n) is 6.07. The fourth-order valence-corrected chi connectivity index (χ4v) is 2.74. The third-order valence-electron chi connectivity index (χ3n) is 4.11. The molecule has 0 aliphatic heterocycles. The standard InChI is InChI=1S/C19H31NO2/c1-2-3-4-5-6-7-8-9-10-11-12-17-13-14-19(21)18(15-17)16-20-22/h13-16,21-22H,2-12H2,1H3/b20-16-. The lowest BCUT2D eigenvalue weighted by Crippen LogP contribution is -1.90. The van der Waals surface area contributed by atoms with Gasteiger partial charge in [-0.15, -0.1) is 0 Å². The van der Waals surface area contributed by atoms with Gasteiger partial charge in [0.2, 0.25) is 0 Å². The molecule has 0 heterocycles. The van der Waals surface area contributed by atoms with Crippen molar-refractivity contribution < 1.29 is 10.3 Å². The van der Waals surface area contributed by atoms with Gasteiger partial charge in [0.15, 0.2) is 0 Å². The lowest BCUT2D eigenvalue weighted by molar-refractivity contribution is 0.321. The maximum atomic E-state index is 9.61. The number of hydrogen-bond donors (Lipinski definition) is 2. The van der Waals surface area contributed by atoms with E-state index in [0.717, 1.165) is 6.42 Å². The first-order valence-electron chi connectivity index (χ1n) is 8.77. The van der Waals surface area contributed by atoms with E-state index in [1.807, 2.05) is 12.1 Å². The normalized spacial score (nSPS) is 11.3. The minimum Gasteiger partial charge on any atom is -0.507 e. The molecule has 3 nitrogen and oxygen atoms in total. The van der Waals surface area contributed by atoms with Crippen LogP contribution in [0.15, 0.2) is 23.4 Å². The maximum Gasteiger partial charge on any atom is 0.124 e. The van der Waals surface area contributed by atoms with E-state index in [0.29, 0.717) is 5.56 Å². The Hall–Kier alpha value is -1.51. The van der Waals surface area contributed by atoms with Crippen molar-refractivity contribution in [2.75, 3.05) is 0 Å². The summed E-state index contributed by atoms with van der Waals surface area (Å²) in [6, 6.07) is 5.50. The molecule has 0 bridgehead atoms. The summed E-state index contributed by atoms with van der Waals surface area (Å²) >= 11 is 0. The molecular formula is C19H31NO2. The average molecular weight is 305 g/mol. The molecule has 0 amide bonds. The van der Waals surface area contributed by atoms with E-state index in [2.05, 4.69) is 12.1 Å². The molecule has 0 aromatic heterocycles. The molecule has 0 unspecified atom stereocenters. The van der Waals surface area contributed by atoms with Gasteiger partial charge in [-0.3, -0.25) is 0 Å². The highest BCUT2D eigenvalue weighted by Gasteiger charge is 2.01. The molecule has 0 atom stereocenters. The Morgan fingerprint density at radius 2 is 1.50 bits per heavy atom. The smallest absolute Gasteiger partial charge is 0.124 e. The number of nitrogens with zero attached hydrogens (tertiary/aromatic N) is 1. The highest BCUT2D eigenvalue weighted by molar-refractivity contribution is 5.83. The van der Waals surface area contributed by atoms with Crippen LogP contribution < -0.4 is 0 Å². The van der Waals surface area contributed by atoms with Crippen LogP contribution >= 0.6 is 0 Å². The monoisotopic (exact) mass is 305 g/mol. The van der Waals surface area contributed by atoms with Crippen LogP contribution in [0.2, 0.25) is 0 Å². The third kappa shape index (κ3) is 8.06. The van der Waals surface area contributed by atoms with Gasteiger partial charge in [0.1, 0.15) is 5.75 Å². The molecule has 0 spiro atoms. The van der Waals surface area contributed by atoms with Gasteiger partial charge in [0.05, 0.1) is 6.21 Å². The van der Waals surface area contributed by atoms with Gasteiger partial charge in [-0.2, -0.15) is 0 Å². The summed E-state index contributed by atoms with van der Waals surface area (Å²) in [4.78, 5) is 0. The van der Waals surface area contributed by atoms with Crippen molar-refractivity contribution >= 4 is 6.21 Å². The molecule has 1 rings (SSSR count). The van der Waals surface area contributed by atoms with Crippen molar-refractivity contribution in [3.05, 3.63) is 29.3 Å². The highest BCUT2D eigenvalue weighted by atomic mass is 16.4. The molecule has 2 N–H and O–H groups in total. The minimum atomic E-state index is 0.157. The van der Waals surface area contributed by atoms with E-state index >= 15 is 0 Å². The summed E-state index contributed by atoms with van der Waals surface area (Å²) in [6.45, 7) is 2.26. The van der Waals surface area contributed by atoms with Crippen molar-refractivity contribution in [1.82, 2.24) is 0 Å². The number of benzene rings is 1. The number of aromatic hydroxyl groups is 1. The van der Waals surface area contributed by atoms with Crippen LogP contribution in [0.4, 0.5) is 0 Å². The molecule has 124 valence electrons. The number of phenolic OH excluding ortho intramolecular Hbond substituents is 1. The Morgan fingerprint density at radius 1 is 0.909 bits per heavy atom. The van der Waals surface area contributed by atoms with E-state index in [4.69, 9.17) is 5.21 Å². The van der Waals surface area contributed by atoms with E-state index in [-0.39, 0.29) is 5.75 Å². The summed E-state index contributed by atoms with van der Waals surface area (Å²) in [5.74, 6) is 0.157. The summed E-state index contributed by atoms with van der Waals surface area (Å²) in [5, 5.41) is 21.1. The number of rotatable bonds is 12. The van der Waals surface area contributed by atoms with Crippen molar-refractivity contribution in [3.8, 4) is 5.75 Å². The zero-order valence-corrected chi connectivity index (χ0v) is 13.9. The van der Waals surface area contributed by atoms with Crippen LogP contribution in [0.5, 0.6) is 5.75 Å². The Balaban J connectivity index is 2.08. The van der Waals surface area contributed by atoms with E-state index < -0.39 is 0 Å². The van der Waals surface area contributed by atoms with Crippen LogP contribution in [-0.2, 0) is 6.42 Å². The van der Waals surface area contributed by atoms with Gasteiger partial charge in [-0.1, -0.05) is 75.9 Å². The molecule has 1 aromatic rings. The average Bonchev–Trinajstić information content (AvgIpc) is 2.52. The Labute approximate surface area is 135 Å². The quantitative estimate of drug-likeness (QED) is 0.226. The first-order valence-corrected chi connectivity index (χ1v) is 8.77. The molecule has 0 fully saturated rings. The van der Waals surface area contributed by atoms with Crippen LogP contribution in [0.25, 0.3) is 0 Å². The van der Waals surface area contributed by atoms with Gasteiger partial charge in [-0.25, -0.2) is 0 Å². The maximum absolute atomic E-state index is 9.61. The largest absolute Gasteiger partial charge is 0.507 e. The number of unbranched alkanes of at least 4 members (excludes halogenated alkanes) is 9. The Kier molecular flexibility index (Phi) is 10.2. The van der Waals surface area contributed by atoms with Crippen molar-refractivity contribution in [2.24, 2.45) is 5.16 Å². The van der Waals surface area contributed by atoms with Crippen molar-refractivity contribution in [3.63, 3.8) is 0 Å². The van der Waals surface area contributed by atoms with E-state index in [1.165, 1.54) is 76.0 Å². The fraction of sp³-hybridized carbons (Fsp3) is 0.632. The molecular weight excluding hydrogens is 274 g/mol. The molecule has 0 aliphatic carbocycles. The second kappa shape index (κ2) is 12.1. The van der Waals surface area contributed by atoms with Gasteiger partial charge >= 0.3 is 0 Å². The van der Waals surface area contributed by atoms with Gasteiger partial charge < -0.3 is 10.3 Å². The fourth-order valence-electron chi connectivity index (χ4n) is 2.74. The lowest BCUT2D eigenvalue weighted by atomic mass is 10.0. The van der Waals surface area contributed by atoms with Gasteiger partial charge in [0, 0.05) is 5.56 Å². The van der Waals surface area contributed by atoms with Crippen molar-refractivity contribution in [2.45, 2.75) is 77.6 Å². The molecule has 0 saturated heterocycles. The molecule has 22 heavy (non-hydrogen) atoms. The number of oxime groups is 1. The lowest BCUT2D eigenvalue weighted by Gasteiger charge is -2.05. The van der Waals surface area contributed by atoms with Gasteiger partial charge in [0.25, 0.3) is 0 Å². The first kappa shape index (κ1) is 18.5. The van der Waals surface area contributed by atoms with Crippen LogP contribution in [0.3, 0.4) is 0 Å². The number of phenols is 1. The third-order valence-corrected chi connectivity index (χ3v) is 4.11.